The van der Waals surface area contributed by atoms with Crippen LogP contribution >= 0.6 is 11.8 Å². The molecule has 0 atom stereocenters. The van der Waals surface area contributed by atoms with E-state index in [-0.39, 0.29) is 13.2 Å². The third-order valence-electron chi connectivity index (χ3n) is 3.12. The zero-order valence-corrected chi connectivity index (χ0v) is 12.5. The van der Waals surface area contributed by atoms with Gasteiger partial charge in [-0.25, -0.2) is 0 Å². The van der Waals surface area contributed by atoms with Crippen molar-refractivity contribution in [2.24, 2.45) is 0 Å². The highest BCUT2D eigenvalue weighted by Gasteiger charge is 2.11. The quantitative estimate of drug-likeness (QED) is 0.630. The van der Waals surface area contributed by atoms with Crippen LogP contribution in [0, 0.1) is 0 Å². The zero-order valence-electron chi connectivity index (χ0n) is 11.7. The second kappa shape index (κ2) is 6.71. The molecule has 0 aliphatic rings. The lowest BCUT2D eigenvalue weighted by molar-refractivity contribution is 0.253. The average Bonchev–Trinajstić information content (AvgIpc) is 2.49. The Hall–Kier alpha value is -1.89. The molecule has 2 rings (SSSR count). The van der Waals surface area contributed by atoms with E-state index < -0.39 is 0 Å². The van der Waals surface area contributed by atoms with Crippen molar-refractivity contribution < 1.29 is 14.9 Å². The summed E-state index contributed by atoms with van der Waals surface area (Å²) in [7, 11) is 1.53. The number of nitrogens with two attached hydrogens (primary N) is 2. The fourth-order valence-electron chi connectivity index (χ4n) is 1.99. The monoisotopic (exact) mass is 306 g/mol. The van der Waals surface area contributed by atoms with Crippen molar-refractivity contribution in [3.05, 3.63) is 41.5 Å². The highest BCUT2D eigenvalue weighted by molar-refractivity contribution is 7.99. The van der Waals surface area contributed by atoms with Gasteiger partial charge >= 0.3 is 0 Å². The third-order valence-corrected chi connectivity index (χ3v) is 4.08. The second-order valence-corrected chi connectivity index (χ2v) is 5.62. The summed E-state index contributed by atoms with van der Waals surface area (Å²) in [6, 6.07) is 9.07. The number of hydrogen-bond acceptors (Lipinski definition) is 6. The first-order valence-corrected chi connectivity index (χ1v) is 7.15. The topological polar surface area (TPSA) is 102 Å². The maximum absolute atomic E-state index is 9.43. The molecule has 0 aromatic heterocycles. The van der Waals surface area contributed by atoms with Crippen molar-refractivity contribution in [3.63, 3.8) is 0 Å². The fraction of sp³-hybridized carbons (Fsp3) is 0.200. The normalized spacial score (nSPS) is 10.6. The minimum Gasteiger partial charge on any atom is -0.496 e. The van der Waals surface area contributed by atoms with Crippen LogP contribution in [0.1, 0.15) is 11.1 Å². The number of rotatable bonds is 5. The summed E-state index contributed by atoms with van der Waals surface area (Å²) in [6.07, 6.45) is 0. The summed E-state index contributed by atoms with van der Waals surface area (Å²) >= 11 is 1.48. The molecule has 2 aromatic carbocycles. The molecule has 0 spiro atoms. The predicted octanol–water partition coefficient (Wildman–Crippen LogP) is 2.00. The van der Waals surface area contributed by atoms with Crippen LogP contribution in [0.4, 0.5) is 11.4 Å². The molecule has 112 valence electrons. The van der Waals surface area contributed by atoms with Gasteiger partial charge in [-0.2, -0.15) is 0 Å². The van der Waals surface area contributed by atoms with Crippen molar-refractivity contribution in [2.45, 2.75) is 23.0 Å². The van der Waals surface area contributed by atoms with E-state index in [1.54, 1.807) is 12.1 Å². The van der Waals surface area contributed by atoms with Gasteiger partial charge in [-0.1, -0.05) is 11.8 Å². The standard InChI is InChI=1S/C15H18N2O3S/c1-20-15-6-11(4-9(7-18)12(15)8-19)21-10-2-3-13(16)14(17)5-10/h2-6,18-19H,7-8,16-17H2,1H3. The Morgan fingerprint density at radius 3 is 2.33 bits per heavy atom. The molecule has 0 amide bonds. The van der Waals surface area contributed by atoms with Gasteiger partial charge in [0, 0.05) is 15.4 Å². The van der Waals surface area contributed by atoms with Crippen molar-refractivity contribution in [1.29, 1.82) is 0 Å². The molecule has 21 heavy (non-hydrogen) atoms. The SMILES string of the molecule is COc1cc(Sc2ccc(N)c(N)c2)cc(CO)c1CO. The summed E-state index contributed by atoms with van der Waals surface area (Å²) in [5, 5.41) is 18.8. The van der Waals surface area contributed by atoms with Crippen LogP contribution in [0.15, 0.2) is 40.1 Å². The first-order valence-electron chi connectivity index (χ1n) is 6.33. The van der Waals surface area contributed by atoms with E-state index >= 15 is 0 Å². The van der Waals surface area contributed by atoms with E-state index in [9.17, 15) is 10.2 Å². The van der Waals surface area contributed by atoms with Crippen LogP contribution < -0.4 is 16.2 Å². The predicted molar refractivity (Wildman–Crippen MR) is 84.2 cm³/mol. The minimum atomic E-state index is -0.182. The Morgan fingerprint density at radius 2 is 1.76 bits per heavy atom. The van der Waals surface area contributed by atoms with Gasteiger partial charge in [0.05, 0.1) is 31.7 Å². The molecule has 5 nitrogen and oxygen atoms in total. The first kappa shape index (κ1) is 15.5. The van der Waals surface area contributed by atoms with E-state index in [0.717, 1.165) is 9.79 Å². The Balaban J connectivity index is 2.37. The van der Waals surface area contributed by atoms with Crippen LogP contribution in [0.3, 0.4) is 0 Å². The van der Waals surface area contributed by atoms with Gasteiger partial charge in [-0.3, -0.25) is 0 Å². The number of benzene rings is 2. The molecule has 0 radical (unpaired) electrons. The van der Waals surface area contributed by atoms with Gasteiger partial charge < -0.3 is 26.4 Å². The van der Waals surface area contributed by atoms with Gasteiger partial charge in [0.2, 0.25) is 0 Å². The van der Waals surface area contributed by atoms with E-state index in [4.69, 9.17) is 16.2 Å². The largest absolute Gasteiger partial charge is 0.496 e. The first-order chi connectivity index (χ1) is 10.1. The van der Waals surface area contributed by atoms with Gasteiger partial charge in [0.1, 0.15) is 5.75 Å². The molecule has 0 saturated carbocycles. The second-order valence-electron chi connectivity index (χ2n) is 4.47. The Labute approximate surface area is 127 Å². The molecule has 0 fully saturated rings. The maximum Gasteiger partial charge on any atom is 0.125 e. The van der Waals surface area contributed by atoms with Crippen LogP contribution in [-0.2, 0) is 13.2 Å². The van der Waals surface area contributed by atoms with Gasteiger partial charge in [0.15, 0.2) is 0 Å². The molecule has 0 aliphatic heterocycles. The van der Waals surface area contributed by atoms with E-state index in [0.29, 0.717) is 28.3 Å². The van der Waals surface area contributed by atoms with Crippen molar-refractivity contribution in [2.75, 3.05) is 18.6 Å². The number of aliphatic hydroxyl groups is 2. The van der Waals surface area contributed by atoms with E-state index in [2.05, 4.69) is 0 Å². The summed E-state index contributed by atoms with van der Waals surface area (Å²) < 4.78 is 5.27. The molecule has 0 saturated heterocycles. The fourth-order valence-corrected chi connectivity index (χ4v) is 2.95. The number of methoxy groups -OCH3 is 1. The molecule has 6 N–H and O–H groups in total. The zero-order chi connectivity index (χ0) is 15.4. The highest BCUT2D eigenvalue weighted by atomic mass is 32.2. The molecule has 0 bridgehead atoms. The maximum atomic E-state index is 9.43. The smallest absolute Gasteiger partial charge is 0.125 e. The van der Waals surface area contributed by atoms with E-state index in [1.165, 1.54) is 18.9 Å². The number of ether oxygens (including phenoxy) is 1. The summed E-state index contributed by atoms with van der Waals surface area (Å²) in [5.74, 6) is 0.551. The van der Waals surface area contributed by atoms with Crippen molar-refractivity contribution in [1.82, 2.24) is 0 Å². The molecule has 6 heteroatoms. The lowest BCUT2D eigenvalue weighted by Gasteiger charge is -2.13. The number of anilines is 2. The van der Waals surface area contributed by atoms with Gasteiger partial charge in [0.25, 0.3) is 0 Å². The molecule has 0 unspecified atom stereocenters. The molecule has 2 aromatic rings. The van der Waals surface area contributed by atoms with E-state index in [1.807, 2.05) is 18.2 Å². The minimum absolute atomic E-state index is 0.162. The van der Waals surface area contributed by atoms with Crippen molar-refractivity contribution in [3.8, 4) is 5.75 Å². The average molecular weight is 306 g/mol. The van der Waals surface area contributed by atoms with Crippen molar-refractivity contribution >= 4 is 23.1 Å². The lowest BCUT2D eigenvalue weighted by atomic mass is 10.1. The Bertz CT molecular complexity index is 622. The lowest BCUT2D eigenvalue weighted by Crippen LogP contribution is -1.99. The Kier molecular flexibility index (Phi) is 4.95. The van der Waals surface area contributed by atoms with Gasteiger partial charge in [-0.05, 0) is 35.9 Å². The van der Waals surface area contributed by atoms with Gasteiger partial charge in [-0.15, -0.1) is 0 Å². The Morgan fingerprint density at radius 1 is 1.00 bits per heavy atom. The highest BCUT2D eigenvalue weighted by Crippen LogP contribution is 2.35. The van der Waals surface area contributed by atoms with Crippen LogP contribution in [0.5, 0.6) is 5.75 Å². The number of hydrogen-bond donors (Lipinski definition) is 4. The third kappa shape index (κ3) is 3.41. The van der Waals surface area contributed by atoms with Crippen LogP contribution in [0.2, 0.25) is 0 Å². The molecular formula is C15H18N2O3S. The molecular weight excluding hydrogens is 288 g/mol. The number of nitrogen functional groups attached to an aromatic ring is 2. The van der Waals surface area contributed by atoms with Crippen LogP contribution in [-0.4, -0.2) is 17.3 Å². The molecule has 0 heterocycles. The summed E-state index contributed by atoms with van der Waals surface area (Å²) in [5.41, 5.74) is 13.8. The summed E-state index contributed by atoms with van der Waals surface area (Å²) in [4.78, 5) is 1.82. The summed E-state index contributed by atoms with van der Waals surface area (Å²) in [6.45, 7) is -0.344. The van der Waals surface area contributed by atoms with Crippen LogP contribution in [0.25, 0.3) is 0 Å². The molecule has 0 aliphatic carbocycles. The number of aliphatic hydroxyl groups excluding tert-OH is 2.